The van der Waals surface area contributed by atoms with Gasteiger partial charge in [-0.15, -0.1) is 0 Å². The van der Waals surface area contributed by atoms with E-state index in [0.717, 1.165) is 0 Å². The van der Waals surface area contributed by atoms with Crippen molar-refractivity contribution < 1.29 is 38.3 Å². The molecule has 0 bridgehead atoms. The largest absolute Gasteiger partial charge is 0.460 e. The van der Waals surface area contributed by atoms with E-state index in [4.69, 9.17) is 4.74 Å². The van der Waals surface area contributed by atoms with Gasteiger partial charge in [0.05, 0.1) is 24.4 Å². The van der Waals surface area contributed by atoms with Gasteiger partial charge in [0.2, 0.25) is 29.4 Å². The lowest BCUT2D eigenvalue weighted by Gasteiger charge is -2.17. The molecule has 6 amide bonds. The van der Waals surface area contributed by atoms with E-state index in [9.17, 15) is 33.6 Å². The number of nitrogens with one attached hydrogen (secondary N) is 6. The van der Waals surface area contributed by atoms with E-state index in [1.807, 2.05) is 0 Å². The Labute approximate surface area is 336 Å². The fourth-order valence-electron chi connectivity index (χ4n) is 6.16. The summed E-state index contributed by atoms with van der Waals surface area (Å²) in [7, 11) is 8.19. The van der Waals surface area contributed by atoms with E-state index in [-0.39, 0.29) is 60.7 Å². The molecular weight excluding hydrogens is 768 g/mol. The van der Waals surface area contributed by atoms with Crippen molar-refractivity contribution in [2.75, 3.05) is 33.2 Å². The van der Waals surface area contributed by atoms with E-state index >= 15 is 0 Å². The number of aryl methyl sites for hydroxylation is 5. The zero-order valence-electron chi connectivity index (χ0n) is 33.2. The summed E-state index contributed by atoms with van der Waals surface area (Å²) >= 11 is 0. The summed E-state index contributed by atoms with van der Waals surface area (Å²) in [6.07, 6.45) is 10.1. The lowest BCUT2D eigenvalue weighted by atomic mass is 10.1. The highest BCUT2D eigenvalue weighted by molar-refractivity contribution is 6.05. The minimum absolute atomic E-state index is 0.0200. The smallest absolute Gasteiger partial charge is 0.374 e. The molecule has 59 heavy (non-hydrogen) atoms. The van der Waals surface area contributed by atoms with Crippen LogP contribution in [0.3, 0.4) is 0 Å². The number of amides is 6. The molecule has 310 valence electrons. The van der Waals surface area contributed by atoms with E-state index in [1.165, 1.54) is 38.4 Å². The van der Waals surface area contributed by atoms with Crippen molar-refractivity contribution >= 4 is 70.2 Å². The van der Waals surface area contributed by atoms with E-state index in [1.54, 1.807) is 76.0 Å². The average molecular weight is 813 g/mol. The van der Waals surface area contributed by atoms with Crippen LogP contribution in [0.2, 0.25) is 0 Å². The lowest BCUT2D eigenvalue weighted by Crippen LogP contribution is -2.40. The number of imidazole rings is 3. The molecule has 1 saturated carbocycles. The number of hydrogen-bond acceptors (Lipinski definition) is 11. The van der Waals surface area contributed by atoms with Gasteiger partial charge in [-0.3, -0.25) is 28.8 Å². The third-order valence-electron chi connectivity index (χ3n) is 9.31. The SMILES string of the molecule is CCOC(=O)c1nc(NC(=O)CC2(NC(=O)c3cc(NC(=O)c4nc(NC(=O)CCC(=O)Nc5cc(NC(=O)c6nccn6C)cn5C)cn4C)cn3C)CC2)cn1C. The molecular formula is C37H44N14O8. The normalized spacial score (nSPS) is 12.6. The number of nitrogens with zero attached hydrogens (tertiary/aromatic N) is 8. The van der Waals surface area contributed by atoms with E-state index in [0.29, 0.717) is 30.0 Å². The fourth-order valence-corrected chi connectivity index (χ4v) is 6.16. The third kappa shape index (κ3) is 9.90. The summed E-state index contributed by atoms with van der Waals surface area (Å²) in [6, 6.07) is 3.06. The predicted octanol–water partition coefficient (Wildman–Crippen LogP) is 1.89. The maximum atomic E-state index is 13.3. The molecule has 22 nitrogen and oxygen atoms in total. The molecule has 6 rings (SSSR count). The van der Waals surface area contributed by atoms with Crippen LogP contribution < -0.4 is 31.9 Å². The first-order chi connectivity index (χ1) is 28.0. The number of anilines is 5. The van der Waals surface area contributed by atoms with Crippen LogP contribution in [0.15, 0.2) is 49.3 Å². The molecule has 0 atom stereocenters. The maximum Gasteiger partial charge on any atom is 0.374 e. The molecule has 0 radical (unpaired) electrons. The summed E-state index contributed by atoms with van der Waals surface area (Å²) in [5.41, 5.74) is 0.211. The predicted molar refractivity (Wildman–Crippen MR) is 211 cm³/mol. The molecule has 22 heteroatoms. The first-order valence-corrected chi connectivity index (χ1v) is 18.4. The number of hydrogen-bond donors (Lipinski definition) is 6. The quantitative estimate of drug-likeness (QED) is 0.0784. The number of ether oxygens (including phenoxy) is 1. The lowest BCUT2D eigenvalue weighted by molar-refractivity contribution is -0.121. The summed E-state index contributed by atoms with van der Waals surface area (Å²) in [5, 5.41) is 16.3. The Morgan fingerprint density at radius 3 is 1.85 bits per heavy atom. The van der Waals surface area contributed by atoms with Gasteiger partial charge in [-0.25, -0.2) is 19.7 Å². The first kappa shape index (κ1) is 41.1. The second kappa shape index (κ2) is 16.9. The van der Waals surface area contributed by atoms with Crippen LogP contribution >= 0.6 is 0 Å². The topological polar surface area (TPSA) is 264 Å². The van der Waals surface area contributed by atoms with Crippen molar-refractivity contribution in [3.05, 3.63) is 72.5 Å². The minimum atomic E-state index is -0.766. The van der Waals surface area contributed by atoms with Crippen molar-refractivity contribution in [3.63, 3.8) is 0 Å². The van der Waals surface area contributed by atoms with Crippen LogP contribution in [0.4, 0.5) is 28.8 Å². The highest BCUT2D eigenvalue weighted by atomic mass is 16.5. The number of rotatable bonds is 16. The molecule has 5 aromatic rings. The second-order valence-electron chi connectivity index (χ2n) is 14.1. The average Bonchev–Trinajstić information content (AvgIpc) is 3.64. The minimum Gasteiger partial charge on any atom is -0.460 e. The summed E-state index contributed by atoms with van der Waals surface area (Å²) in [5.74, 6) is -2.53. The number of aromatic nitrogens is 8. The second-order valence-corrected chi connectivity index (χ2v) is 14.1. The zero-order chi connectivity index (χ0) is 42.6. The van der Waals surface area contributed by atoms with Gasteiger partial charge in [0, 0.05) is 96.9 Å². The van der Waals surface area contributed by atoms with Crippen molar-refractivity contribution in [1.29, 1.82) is 0 Å². The van der Waals surface area contributed by atoms with Gasteiger partial charge in [0.25, 0.3) is 17.7 Å². The molecule has 1 aliphatic rings. The van der Waals surface area contributed by atoms with E-state index < -0.39 is 47.0 Å². The van der Waals surface area contributed by atoms with Gasteiger partial charge in [0.15, 0.2) is 17.5 Å². The fraction of sp³-hybridized carbons (Fsp3) is 0.351. The number of esters is 1. The summed E-state index contributed by atoms with van der Waals surface area (Å²) in [4.78, 5) is 102. The highest BCUT2D eigenvalue weighted by Crippen LogP contribution is 2.39. The van der Waals surface area contributed by atoms with Gasteiger partial charge in [-0.1, -0.05) is 0 Å². The zero-order valence-corrected chi connectivity index (χ0v) is 33.2. The van der Waals surface area contributed by atoms with Crippen molar-refractivity contribution in [2.24, 2.45) is 35.2 Å². The van der Waals surface area contributed by atoms with Crippen LogP contribution in [0, 0.1) is 0 Å². The summed E-state index contributed by atoms with van der Waals surface area (Å²) < 4.78 is 12.6. The molecule has 0 saturated heterocycles. The number of carbonyl (C=O) groups is 7. The molecule has 0 aromatic carbocycles. The van der Waals surface area contributed by atoms with Crippen molar-refractivity contribution in [1.82, 2.24) is 43.1 Å². The van der Waals surface area contributed by atoms with Crippen molar-refractivity contribution in [2.45, 2.75) is 44.6 Å². The molecule has 5 heterocycles. The molecule has 1 fully saturated rings. The Hall–Kier alpha value is -7.52. The van der Waals surface area contributed by atoms with Crippen LogP contribution in [-0.4, -0.2) is 91.3 Å². The molecule has 0 aliphatic heterocycles. The molecule has 0 spiro atoms. The van der Waals surface area contributed by atoms with Gasteiger partial charge in [-0.2, -0.15) is 0 Å². The Balaban J connectivity index is 0.963. The van der Waals surface area contributed by atoms with Gasteiger partial charge < -0.3 is 59.5 Å². The van der Waals surface area contributed by atoms with Gasteiger partial charge >= 0.3 is 5.97 Å². The number of carbonyl (C=O) groups excluding carboxylic acids is 7. The van der Waals surface area contributed by atoms with Crippen LogP contribution in [0.5, 0.6) is 0 Å². The molecule has 6 N–H and O–H groups in total. The Morgan fingerprint density at radius 2 is 1.22 bits per heavy atom. The van der Waals surface area contributed by atoms with Gasteiger partial charge in [0.1, 0.15) is 11.5 Å². The Kier molecular flexibility index (Phi) is 11.8. The molecule has 1 aliphatic carbocycles. The van der Waals surface area contributed by atoms with Crippen molar-refractivity contribution in [3.8, 4) is 0 Å². The highest BCUT2D eigenvalue weighted by Gasteiger charge is 2.46. The van der Waals surface area contributed by atoms with E-state index in [2.05, 4.69) is 46.9 Å². The molecule has 0 unspecified atom stereocenters. The summed E-state index contributed by atoms with van der Waals surface area (Å²) in [6.45, 7) is 1.86. The van der Waals surface area contributed by atoms with Gasteiger partial charge in [-0.05, 0) is 25.8 Å². The standard InChI is InChI=1S/C37H44N14O8/c1-7-59-36(58)32-44-25(20-51(32)6)42-29(54)16-37(10-11-37)46-33(55)23-14-21(17-48(23)3)39-35(57)31-43-24(19-50(31)5)41-27(52)8-9-28(53)45-26-15-22(18-49(26)4)40-34(56)30-38-12-13-47(30)2/h12-15,17-20H,7-11,16H2,1-6H3,(H,39,57)(H,40,56)(H,41,52)(H,42,54)(H,45,53)(H,46,55). The Morgan fingerprint density at radius 1 is 0.644 bits per heavy atom. The Bertz CT molecular complexity index is 2460. The van der Waals surface area contributed by atoms with Crippen LogP contribution in [-0.2, 0) is 54.4 Å². The monoisotopic (exact) mass is 812 g/mol. The third-order valence-corrected chi connectivity index (χ3v) is 9.31. The van der Waals surface area contributed by atoms with Crippen LogP contribution in [0.25, 0.3) is 0 Å². The maximum absolute atomic E-state index is 13.3. The van der Waals surface area contributed by atoms with Crippen LogP contribution in [0.1, 0.15) is 81.4 Å². The molecule has 5 aromatic heterocycles. The first-order valence-electron chi connectivity index (χ1n) is 18.4.